The van der Waals surface area contributed by atoms with Crippen LogP contribution >= 0.6 is 0 Å². The molecule has 5 heteroatoms. The molecule has 1 saturated heterocycles. The molecule has 0 amide bonds. The summed E-state index contributed by atoms with van der Waals surface area (Å²) in [6, 6.07) is 3.38. The van der Waals surface area contributed by atoms with E-state index in [0.717, 1.165) is 30.1 Å². The lowest BCUT2D eigenvalue weighted by molar-refractivity contribution is 0.264. The molecule has 1 aliphatic heterocycles. The van der Waals surface area contributed by atoms with Gasteiger partial charge in [-0.25, -0.2) is 0 Å². The molecule has 0 radical (unpaired) electrons. The van der Waals surface area contributed by atoms with Gasteiger partial charge in [-0.1, -0.05) is 0 Å². The second kappa shape index (κ2) is 6.81. The van der Waals surface area contributed by atoms with Crippen molar-refractivity contribution in [2.75, 3.05) is 38.8 Å². The molecule has 3 N–H and O–H groups in total. The first kappa shape index (κ1) is 14.9. The lowest BCUT2D eigenvalue weighted by atomic mass is 10.0. The van der Waals surface area contributed by atoms with E-state index in [0.29, 0.717) is 5.75 Å². The van der Waals surface area contributed by atoms with Gasteiger partial charge in [-0.15, -0.1) is 0 Å². The zero-order valence-electron chi connectivity index (χ0n) is 12.3. The van der Waals surface area contributed by atoms with Crippen LogP contribution in [-0.4, -0.2) is 39.0 Å². The molecule has 1 unspecified atom stereocenters. The van der Waals surface area contributed by atoms with Gasteiger partial charge in [-0.2, -0.15) is 0 Å². The molecule has 0 saturated carbocycles. The fourth-order valence-corrected chi connectivity index (χ4v) is 2.68. The highest BCUT2D eigenvalue weighted by molar-refractivity contribution is 5.64. The highest BCUT2D eigenvalue weighted by atomic mass is 16.5. The van der Waals surface area contributed by atoms with Crippen molar-refractivity contribution >= 4 is 5.69 Å². The summed E-state index contributed by atoms with van der Waals surface area (Å²) < 4.78 is 10.9. The molecule has 0 spiro atoms. The fourth-order valence-electron chi connectivity index (χ4n) is 2.68. The average Bonchev–Trinajstić information content (AvgIpc) is 2.53. The Bertz CT molecular complexity index is 445. The summed E-state index contributed by atoms with van der Waals surface area (Å²) in [4.78, 5) is 2.32. The minimum atomic E-state index is -0.464. The fraction of sp³-hybridized carbons (Fsp3) is 0.600. The molecule has 1 aromatic carbocycles. The van der Waals surface area contributed by atoms with Crippen LogP contribution in [0.3, 0.4) is 0 Å². The molecule has 0 aliphatic carbocycles. The van der Waals surface area contributed by atoms with Crippen molar-refractivity contribution in [2.45, 2.75) is 25.3 Å². The van der Waals surface area contributed by atoms with Crippen LogP contribution in [0, 0.1) is 0 Å². The minimum Gasteiger partial charge on any atom is -0.496 e. The second-order valence-corrected chi connectivity index (χ2v) is 5.10. The van der Waals surface area contributed by atoms with Crippen molar-refractivity contribution in [3.8, 4) is 11.5 Å². The van der Waals surface area contributed by atoms with Gasteiger partial charge < -0.3 is 25.2 Å². The zero-order valence-corrected chi connectivity index (χ0v) is 12.3. The van der Waals surface area contributed by atoms with Crippen molar-refractivity contribution in [3.05, 3.63) is 17.7 Å². The number of hydrogen-bond acceptors (Lipinski definition) is 5. The molecule has 0 bridgehead atoms. The number of methoxy groups -OCH3 is 2. The number of aliphatic hydroxyl groups is 1. The lowest BCUT2D eigenvalue weighted by Crippen LogP contribution is -2.30. The number of nitrogens with zero attached hydrogens (tertiary/aromatic N) is 1. The van der Waals surface area contributed by atoms with Crippen molar-refractivity contribution in [3.63, 3.8) is 0 Å². The van der Waals surface area contributed by atoms with Gasteiger partial charge in [-0.05, 0) is 25.3 Å². The number of benzene rings is 1. The van der Waals surface area contributed by atoms with Gasteiger partial charge in [0.15, 0.2) is 0 Å². The van der Waals surface area contributed by atoms with Crippen LogP contribution in [0.15, 0.2) is 12.1 Å². The Hall–Kier alpha value is -1.46. The highest BCUT2D eigenvalue weighted by Crippen LogP contribution is 2.38. The Balaban J connectivity index is 2.40. The monoisotopic (exact) mass is 280 g/mol. The predicted molar refractivity (Wildman–Crippen MR) is 79.6 cm³/mol. The Morgan fingerprint density at radius 2 is 1.80 bits per heavy atom. The van der Waals surface area contributed by atoms with E-state index in [1.165, 1.54) is 19.3 Å². The first-order valence-electron chi connectivity index (χ1n) is 7.08. The zero-order chi connectivity index (χ0) is 14.5. The third-order valence-electron chi connectivity index (χ3n) is 3.82. The summed E-state index contributed by atoms with van der Waals surface area (Å²) in [7, 11) is 3.28. The van der Waals surface area contributed by atoms with Gasteiger partial charge in [0.25, 0.3) is 0 Å². The SMILES string of the molecule is COc1cc(N2CCCCC2)c(OC)cc1C(N)CO. The highest BCUT2D eigenvalue weighted by Gasteiger charge is 2.20. The number of rotatable bonds is 5. The molecule has 5 nitrogen and oxygen atoms in total. The molecule has 112 valence electrons. The van der Waals surface area contributed by atoms with E-state index in [1.807, 2.05) is 12.1 Å². The van der Waals surface area contributed by atoms with Crippen LogP contribution < -0.4 is 20.1 Å². The molecule has 1 aliphatic rings. The maximum Gasteiger partial charge on any atom is 0.142 e. The number of aliphatic hydroxyl groups excluding tert-OH is 1. The summed E-state index contributed by atoms with van der Waals surface area (Å²) >= 11 is 0. The van der Waals surface area contributed by atoms with Crippen LogP contribution in [0.1, 0.15) is 30.9 Å². The van der Waals surface area contributed by atoms with Crippen molar-refractivity contribution in [1.82, 2.24) is 0 Å². The van der Waals surface area contributed by atoms with Gasteiger partial charge in [-0.3, -0.25) is 0 Å². The number of hydrogen-bond donors (Lipinski definition) is 2. The maximum absolute atomic E-state index is 9.26. The molecule has 2 rings (SSSR count). The van der Waals surface area contributed by atoms with E-state index in [4.69, 9.17) is 15.2 Å². The standard InChI is InChI=1S/C15H24N2O3/c1-19-14-9-13(17-6-4-3-5-7-17)15(20-2)8-11(14)12(16)10-18/h8-9,12,18H,3-7,10,16H2,1-2H3. The van der Waals surface area contributed by atoms with E-state index in [2.05, 4.69) is 4.90 Å². The molecule has 1 fully saturated rings. The smallest absolute Gasteiger partial charge is 0.142 e. The van der Waals surface area contributed by atoms with Crippen molar-refractivity contribution in [1.29, 1.82) is 0 Å². The maximum atomic E-state index is 9.26. The summed E-state index contributed by atoms with van der Waals surface area (Å²) in [5.74, 6) is 1.49. The second-order valence-electron chi connectivity index (χ2n) is 5.10. The van der Waals surface area contributed by atoms with Gasteiger partial charge >= 0.3 is 0 Å². The van der Waals surface area contributed by atoms with E-state index in [-0.39, 0.29) is 6.61 Å². The van der Waals surface area contributed by atoms with Crippen molar-refractivity contribution < 1.29 is 14.6 Å². The normalized spacial score (nSPS) is 16.9. The number of ether oxygens (including phenoxy) is 2. The Kier molecular flexibility index (Phi) is 5.09. The Morgan fingerprint density at radius 3 is 2.35 bits per heavy atom. The van der Waals surface area contributed by atoms with Crippen molar-refractivity contribution in [2.24, 2.45) is 5.73 Å². The molecular weight excluding hydrogens is 256 g/mol. The third kappa shape index (κ3) is 2.99. The van der Waals surface area contributed by atoms with Crippen LogP contribution in [0.4, 0.5) is 5.69 Å². The Labute approximate surface area is 120 Å². The number of piperidine rings is 1. The quantitative estimate of drug-likeness (QED) is 0.859. The van der Waals surface area contributed by atoms with E-state index in [1.54, 1.807) is 14.2 Å². The van der Waals surface area contributed by atoms with E-state index in [9.17, 15) is 5.11 Å². The first-order valence-corrected chi connectivity index (χ1v) is 7.08. The molecular formula is C15H24N2O3. The molecule has 20 heavy (non-hydrogen) atoms. The lowest BCUT2D eigenvalue weighted by Gasteiger charge is -2.31. The van der Waals surface area contributed by atoms with Crippen LogP contribution in [-0.2, 0) is 0 Å². The molecule has 0 aromatic heterocycles. The summed E-state index contributed by atoms with van der Waals surface area (Å²) in [6.45, 7) is 1.94. The topological polar surface area (TPSA) is 68.0 Å². The van der Waals surface area contributed by atoms with Gasteiger partial charge in [0.1, 0.15) is 11.5 Å². The number of anilines is 1. The summed E-state index contributed by atoms with van der Waals surface area (Å²) in [5.41, 5.74) is 7.73. The summed E-state index contributed by atoms with van der Waals surface area (Å²) in [5, 5.41) is 9.26. The molecule has 1 aromatic rings. The Morgan fingerprint density at radius 1 is 1.15 bits per heavy atom. The van der Waals surface area contributed by atoms with Crippen LogP contribution in [0.5, 0.6) is 11.5 Å². The minimum absolute atomic E-state index is 0.122. The van der Waals surface area contributed by atoms with E-state index >= 15 is 0 Å². The first-order chi connectivity index (χ1) is 9.71. The third-order valence-corrected chi connectivity index (χ3v) is 3.82. The molecule has 1 heterocycles. The van der Waals surface area contributed by atoms with E-state index < -0.39 is 6.04 Å². The largest absolute Gasteiger partial charge is 0.496 e. The van der Waals surface area contributed by atoms with Gasteiger partial charge in [0.05, 0.1) is 32.6 Å². The van der Waals surface area contributed by atoms with Crippen LogP contribution in [0.2, 0.25) is 0 Å². The summed E-state index contributed by atoms with van der Waals surface area (Å²) in [6.07, 6.45) is 3.68. The van der Waals surface area contributed by atoms with Gasteiger partial charge in [0.2, 0.25) is 0 Å². The molecule has 1 atom stereocenters. The van der Waals surface area contributed by atoms with Crippen LogP contribution in [0.25, 0.3) is 0 Å². The number of nitrogens with two attached hydrogens (primary N) is 1. The van der Waals surface area contributed by atoms with Gasteiger partial charge in [0, 0.05) is 24.7 Å². The predicted octanol–water partition coefficient (Wildman–Crippen LogP) is 1.69. The average molecular weight is 280 g/mol.